The molecule has 0 bridgehead atoms. The van der Waals surface area contributed by atoms with Crippen LogP contribution >= 0.6 is 11.6 Å². The van der Waals surface area contributed by atoms with Gasteiger partial charge in [0.25, 0.3) is 0 Å². The lowest BCUT2D eigenvalue weighted by Crippen LogP contribution is -1.91. The van der Waals surface area contributed by atoms with E-state index in [0.717, 1.165) is 24.0 Å². The zero-order chi connectivity index (χ0) is 8.97. The summed E-state index contributed by atoms with van der Waals surface area (Å²) in [6.07, 6.45) is 1.57. The molecule has 0 aromatic heterocycles. The molecule has 0 aliphatic carbocycles. The fourth-order valence-electron chi connectivity index (χ4n) is 1.11. The summed E-state index contributed by atoms with van der Waals surface area (Å²) in [5, 5.41) is 0. The zero-order valence-electron chi connectivity index (χ0n) is 7.11. The third-order valence-corrected chi connectivity index (χ3v) is 2.06. The van der Waals surface area contributed by atoms with Gasteiger partial charge in [0.15, 0.2) is 0 Å². The first-order valence-corrected chi connectivity index (χ1v) is 4.58. The SMILES string of the molecule is Cc1ccc(CCCCl)c(F)c1. The molecule has 0 atom stereocenters. The van der Waals surface area contributed by atoms with Crippen molar-refractivity contribution in [3.05, 3.63) is 35.1 Å². The van der Waals surface area contributed by atoms with E-state index in [-0.39, 0.29) is 5.82 Å². The quantitative estimate of drug-likeness (QED) is 0.636. The molecule has 1 aromatic rings. The van der Waals surface area contributed by atoms with Crippen LogP contribution in [0.15, 0.2) is 18.2 Å². The normalized spacial score (nSPS) is 10.2. The first kappa shape index (κ1) is 9.53. The van der Waals surface area contributed by atoms with Gasteiger partial charge in [0.2, 0.25) is 0 Å². The van der Waals surface area contributed by atoms with Crippen LogP contribution < -0.4 is 0 Å². The van der Waals surface area contributed by atoms with Gasteiger partial charge in [-0.3, -0.25) is 0 Å². The third-order valence-electron chi connectivity index (χ3n) is 1.79. The average Bonchev–Trinajstić information content (AvgIpc) is 2.03. The van der Waals surface area contributed by atoms with Crippen molar-refractivity contribution in [3.8, 4) is 0 Å². The van der Waals surface area contributed by atoms with Gasteiger partial charge in [-0.15, -0.1) is 11.6 Å². The molecule has 0 spiro atoms. The van der Waals surface area contributed by atoms with Gasteiger partial charge >= 0.3 is 0 Å². The van der Waals surface area contributed by atoms with Crippen LogP contribution in [0.25, 0.3) is 0 Å². The first-order valence-electron chi connectivity index (χ1n) is 4.05. The highest BCUT2D eigenvalue weighted by Crippen LogP contribution is 2.11. The predicted molar refractivity (Wildman–Crippen MR) is 50.2 cm³/mol. The van der Waals surface area contributed by atoms with Gasteiger partial charge in [-0.05, 0) is 37.0 Å². The van der Waals surface area contributed by atoms with Crippen LogP contribution in [0.3, 0.4) is 0 Å². The molecule has 2 heteroatoms. The van der Waals surface area contributed by atoms with E-state index < -0.39 is 0 Å². The Morgan fingerprint density at radius 1 is 1.42 bits per heavy atom. The molecule has 66 valence electrons. The van der Waals surface area contributed by atoms with E-state index in [9.17, 15) is 4.39 Å². The average molecular weight is 187 g/mol. The molecular formula is C10H12ClF. The van der Waals surface area contributed by atoms with Crippen molar-refractivity contribution >= 4 is 11.6 Å². The van der Waals surface area contributed by atoms with E-state index in [1.165, 1.54) is 0 Å². The molecule has 0 unspecified atom stereocenters. The van der Waals surface area contributed by atoms with Crippen LogP contribution in [0.1, 0.15) is 17.5 Å². The molecule has 0 aliphatic heterocycles. The van der Waals surface area contributed by atoms with Crippen LogP contribution in [0.4, 0.5) is 4.39 Å². The Labute approximate surface area is 77.4 Å². The number of aryl methyl sites for hydroxylation is 2. The summed E-state index contributed by atoms with van der Waals surface area (Å²) in [6.45, 7) is 1.88. The molecule has 0 saturated carbocycles. The van der Waals surface area contributed by atoms with E-state index >= 15 is 0 Å². The van der Waals surface area contributed by atoms with Gasteiger partial charge in [0.05, 0.1) is 0 Å². The number of hydrogen-bond acceptors (Lipinski definition) is 0. The molecule has 0 radical (unpaired) electrons. The summed E-state index contributed by atoms with van der Waals surface area (Å²) in [4.78, 5) is 0. The predicted octanol–water partition coefficient (Wildman–Crippen LogP) is 3.31. The van der Waals surface area contributed by atoms with E-state index in [2.05, 4.69) is 0 Å². The number of rotatable bonds is 3. The highest BCUT2D eigenvalue weighted by atomic mass is 35.5. The second-order valence-electron chi connectivity index (χ2n) is 2.89. The van der Waals surface area contributed by atoms with Gasteiger partial charge in [-0.25, -0.2) is 4.39 Å². The largest absolute Gasteiger partial charge is 0.207 e. The Morgan fingerprint density at radius 2 is 2.17 bits per heavy atom. The molecule has 1 rings (SSSR count). The van der Waals surface area contributed by atoms with E-state index in [1.54, 1.807) is 6.07 Å². The number of hydrogen-bond donors (Lipinski definition) is 0. The molecule has 0 nitrogen and oxygen atoms in total. The lowest BCUT2D eigenvalue weighted by Gasteiger charge is -2.01. The standard InChI is InChI=1S/C10H12ClF/c1-8-4-5-9(3-2-6-11)10(12)7-8/h4-5,7H,2-3,6H2,1H3. The van der Waals surface area contributed by atoms with E-state index in [1.807, 2.05) is 19.1 Å². The Balaban J connectivity index is 2.72. The minimum atomic E-state index is -0.111. The molecule has 0 heterocycles. The monoisotopic (exact) mass is 186 g/mol. The van der Waals surface area contributed by atoms with Gasteiger partial charge in [-0.2, -0.15) is 0 Å². The number of benzene rings is 1. The highest BCUT2D eigenvalue weighted by molar-refractivity contribution is 6.17. The van der Waals surface area contributed by atoms with Crippen LogP contribution in [-0.2, 0) is 6.42 Å². The van der Waals surface area contributed by atoms with E-state index in [0.29, 0.717) is 5.88 Å². The molecule has 0 N–H and O–H groups in total. The Hall–Kier alpha value is -0.560. The van der Waals surface area contributed by atoms with Crippen molar-refractivity contribution in [1.29, 1.82) is 0 Å². The third kappa shape index (κ3) is 2.49. The van der Waals surface area contributed by atoms with Crippen molar-refractivity contribution < 1.29 is 4.39 Å². The van der Waals surface area contributed by atoms with Gasteiger partial charge in [0.1, 0.15) is 5.82 Å². The minimum Gasteiger partial charge on any atom is -0.207 e. The fourth-order valence-corrected chi connectivity index (χ4v) is 1.25. The Bertz CT molecular complexity index is 258. The molecule has 0 saturated heterocycles. The molecule has 1 aromatic carbocycles. The summed E-state index contributed by atoms with van der Waals surface area (Å²) in [5.41, 5.74) is 1.73. The lowest BCUT2D eigenvalue weighted by molar-refractivity contribution is 0.606. The van der Waals surface area contributed by atoms with Crippen LogP contribution in [0, 0.1) is 12.7 Å². The van der Waals surface area contributed by atoms with Crippen molar-refractivity contribution in [3.63, 3.8) is 0 Å². The van der Waals surface area contributed by atoms with E-state index in [4.69, 9.17) is 11.6 Å². The molecule has 0 aliphatic rings. The molecular weight excluding hydrogens is 175 g/mol. The van der Waals surface area contributed by atoms with Crippen LogP contribution in [0.2, 0.25) is 0 Å². The number of halogens is 2. The fraction of sp³-hybridized carbons (Fsp3) is 0.400. The van der Waals surface area contributed by atoms with Crippen LogP contribution in [0.5, 0.6) is 0 Å². The summed E-state index contributed by atoms with van der Waals surface area (Å²) in [5.74, 6) is 0.480. The van der Waals surface area contributed by atoms with Crippen molar-refractivity contribution in [2.45, 2.75) is 19.8 Å². The molecule has 0 amide bonds. The maximum absolute atomic E-state index is 13.1. The Kier molecular flexibility index (Phi) is 3.54. The minimum absolute atomic E-state index is 0.111. The van der Waals surface area contributed by atoms with Crippen LogP contribution in [-0.4, -0.2) is 5.88 Å². The number of alkyl halides is 1. The van der Waals surface area contributed by atoms with Crippen molar-refractivity contribution in [2.24, 2.45) is 0 Å². The summed E-state index contributed by atoms with van der Waals surface area (Å²) < 4.78 is 13.1. The van der Waals surface area contributed by atoms with Gasteiger partial charge in [0, 0.05) is 5.88 Å². The summed E-state index contributed by atoms with van der Waals surface area (Å²) >= 11 is 5.51. The Morgan fingerprint density at radius 3 is 2.75 bits per heavy atom. The smallest absolute Gasteiger partial charge is 0.126 e. The highest BCUT2D eigenvalue weighted by Gasteiger charge is 2.00. The van der Waals surface area contributed by atoms with Gasteiger partial charge < -0.3 is 0 Å². The maximum atomic E-state index is 13.1. The summed E-state index contributed by atoms with van der Waals surface area (Å²) in [6, 6.07) is 5.31. The topological polar surface area (TPSA) is 0 Å². The molecule has 12 heavy (non-hydrogen) atoms. The second-order valence-corrected chi connectivity index (χ2v) is 3.27. The second kappa shape index (κ2) is 4.46. The lowest BCUT2D eigenvalue weighted by atomic mass is 10.1. The maximum Gasteiger partial charge on any atom is 0.126 e. The summed E-state index contributed by atoms with van der Waals surface area (Å²) in [7, 11) is 0. The molecule has 0 fully saturated rings. The first-order chi connectivity index (χ1) is 5.74. The van der Waals surface area contributed by atoms with Crippen molar-refractivity contribution in [1.82, 2.24) is 0 Å². The zero-order valence-corrected chi connectivity index (χ0v) is 7.87. The van der Waals surface area contributed by atoms with Gasteiger partial charge in [-0.1, -0.05) is 12.1 Å². The van der Waals surface area contributed by atoms with Crippen molar-refractivity contribution in [2.75, 3.05) is 5.88 Å².